The van der Waals surface area contributed by atoms with Gasteiger partial charge in [-0.3, -0.25) is 23.3 Å². The Labute approximate surface area is 280 Å². The summed E-state index contributed by atoms with van der Waals surface area (Å²) in [6, 6.07) is 17.5. The van der Waals surface area contributed by atoms with Crippen LogP contribution < -0.4 is 9.62 Å². The molecule has 0 aliphatic heterocycles. The van der Waals surface area contributed by atoms with E-state index < -0.39 is 40.5 Å². The summed E-state index contributed by atoms with van der Waals surface area (Å²) in [7, 11) is -4.01. The smallest absolute Gasteiger partial charge is 0.414 e. The van der Waals surface area contributed by atoms with Gasteiger partial charge in [0.1, 0.15) is 11.3 Å². The van der Waals surface area contributed by atoms with Crippen molar-refractivity contribution in [1.82, 2.24) is 10.3 Å². The number of ketones is 1. The number of carbonyl (C=O) groups is 2. The summed E-state index contributed by atoms with van der Waals surface area (Å²) in [5, 5.41) is 2.37. The Morgan fingerprint density at radius 1 is 0.980 bits per heavy atom. The number of nitrogens with zero attached hydrogens (tertiary/aromatic N) is 2. The molecular formula is C36H33F4N3O5S. The van der Waals surface area contributed by atoms with Crippen LogP contribution in [0.1, 0.15) is 57.8 Å². The molecule has 2 heterocycles. The minimum atomic E-state index is -4.86. The van der Waals surface area contributed by atoms with E-state index in [9.17, 15) is 35.6 Å². The van der Waals surface area contributed by atoms with Crippen LogP contribution in [0.3, 0.4) is 0 Å². The summed E-state index contributed by atoms with van der Waals surface area (Å²) in [6.45, 7) is 2.56. The van der Waals surface area contributed by atoms with E-state index in [-0.39, 0.29) is 64.5 Å². The number of anilines is 1. The molecule has 1 atom stereocenters. The summed E-state index contributed by atoms with van der Waals surface area (Å²) in [5.41, 5.74) is 2.06. The second-order valence-electron chi connectivity index (χ2n) is 11.5. The zero-order valence-corrected chi connectivity index (χ0v) is 27.7. The first kappa shape index (κ1) is 35.3. The van der Waals surface area contributed by atoms with Crippen molar-refractivity contribution in [2.75, 3.05) is 23.8 Å². The molecule has 1 N–H and O–H groups in total. The molecule has 0 aliphatic rings. The number of amides is 1. The van der Waals surface area contributed by atoms with Gasteiger partial charge in [0.15, 0.2) is 11.8 Å². The van der Waals surface area contributed by atoms with Crippen molar-refractivity contribution in [2.24, 2.45) is 0 Å². The molecule has 49 heavy (non-hydrogen) atoms. The number of aromatic nitrogens is 1. The molecule has 1 amide bonds. The Morgan fingerprint density at radius 3 is 2.33 bits per heavy atom. The van der Waals surface area contributed by atoms with Crippen LogP contribution >= 0.6 is 0 Å². The highest BCUT2D eigenvalue weighted by Gasteiger charge is 2.43. The third kappa shape index (κ3) is 7.67. The number of pyridine rings is 1. The molecule has 3 aromatic carbocycles. The molecule has 256 valence electrons. The van der Waals surface area contributed by atoms with Crippen LogP contribution in [0.4, 0.5) is 23.2 Å². The monoisotopic (exact) mass is 695 g/mol. The van der Waals surface area contributed by atoms with Gasteiger partial charge in [0.2, 0.25) is 10.0 Å². The second-order valence-corrected chi connectivity index (χ2v) is 13.4. The molecule has 0 aliphatic carbocycles. The minimum Gasteiger partial charge on any atom is -0.455 e. The third-order valence-electron chi connectivity index (χ3n) is 7.91. The van der Waals surface area contributed by atoms with Gasteiger partial charge in [-0.2, -0.15) is 13.2 Å². The summed E-state index contributed by atoms with van der Waals surface area (Å²) >= 11 is 0. The van der Waals surface area contributed by atoms with E-state index >= 15 is 0 Å². The fraction of sp³-hybridized carbons (Fsp3) is 0.250. The van der Waals surface area contributed by atoms with Gasteiger partial charge in [-0.05, 0) is 49.2 Å². The van der Waals surface area contributed by atoms with Gasteiger partial charge in [0.05, 0.1) is 29.9 Å². The van der Waals surface area contributed by atoms with Crippen LogP contribution in [0.25, 0.3) is 33.4 Å². The number of rotatable bonds is 12. The molecule has 8 nitrogen and oxygen atoms in total. The van der Waals surface area contributed by atoms with Gasteiger partial charge in [-0.15, -0.1) is 0 Å². The lowest BCUT2D eigenvalue weighted by Crippen LogP contribution is -2.38. The van der Waals surface area contributed by atoms with E-state index in [1.807, 2.05) is 24.4 Å². The first-order valence-electron chi connectivity index (χ1n) is 15.4. The molecule has 2 aromatic heterocycles. The number of nitrogens with one attached hydrogen (secondary N) is 1. The molecule has 0 spiro atoms. The van der Waals surface area contributed by atoms with Gasteiger partial charge in [-0.1, -0.05) is 55.0 Å². The average molecular weight is 696 g/mol. The number of furan rings is 1. The lowest BCUT2D eigenvalue weighted by molar-refractivity contribution is -0.156. The fourth-order valence-electron chi connectivity index (χ4n) is 5.51. The topological polar surface area (TPSA) is 110 Å². The van der Waals surface area contributed by atoms with E-state index in [1.165, 1.54) is 42.6 Å². The number of Topliss-reactive ketones (excluding diaryl/α,β-unsaturated/α-hetero) is 1. The maximum absolute atomic E-state index is 14.0. The predicted octanol–water partition coefficient (Wildman–Crippen LogP) is 8.22. The third-order valence-corrected chi connectivity index (χ3v) is 9.09. The van der Waals surface area contributed by atoms with Crippen molar-refractivity contribution in [3.8, 4) is 22.5 Å². The molecule has 13 heteroatoms. The Hall–Kier alpha value is -5.04. The van der Waals surface area contributed by atoms with Gasteiger partial charge < -0.3 is 9.73 Å². The zero-order chi connectivity index (χ0) is 35.5. The Balaban J connectivity index is 1.71. The number of benzene rings is 3. The first-order chi connectivity index (χ1) is 23.2. The Bertz CT molecular complexity index is 2100. The molecular weight excluding hydrogens is 662 g/mol. The number of alkyl halides is 4. The predicted molar refractivity (Wildman–Crippen MR) is 180 cm³/mol. The molecule has 0 saturated carbocycles. The van der Waals surface area contributed by atoms with Crippen molar-refractivity contribution in [1.29, 1.82) is 0 Å². The highest BCUT2D eigenvalue weighted by molar-refractivity contribution is 7.92. The van der Waals surface area contributed by atoms with Gasteiger partial charge >= 0.3 is 6.18 Å². The number of aryl methyl sites for hydroxylation is 1. The molecule has 0 fully saturated rings. The van der Waals surface area contributed by atoms with Crippen molar-refractivity contribution < 1.29 is 40.0 Å². The molecule has 5 rings (SSSR count). The Kier molecular flexibility index (Phi) is 10.2. The molecule has 5 aromatic rings. The zero-order valence-electron chi connectivity index (χ0n) is 26.8. The SMILES string of the molecule is CCC(=O)c1c(-c2ccc(C)cc2)oc2cc(N(CCCF)S(C)(=O)=O)c(-c3cccc(C(=O)NC(c4ccccn4)C(F)(F)F)c3)cc12. The number of hydrogen-bond acceptors (Lipinski definition) is 6. The van der Waals surface area contributed by atoms with Gasteiger partial charge in [0.25, 0.3) is 5.91 Å². The van der Waals surface area contributed by atoms with Gasteiger partial charge in [-0.25, -0.2) is 8.42 Å². The van der Waals surface area contributed by atoms with E-state index in [1.54, 1.807) is 31.2 Å². The maximum atomic E-state index is 14.0. The second kappa shape index (κ2) is 14.2. The lowest BCUT2D eigenvalue weighted by Gasteiger charge is -2.25. The standard InChI is InChI=1S/C36H33F4N3O5S/c1-4-30(44)32-27-20-26(24-9-7-10-25(19-24)35(45)42-34(36(38,39)40)28-11-5-6-17-41-28)29(43(18-8-16-37)49(3,46)47)21-31(27)48-33(32)23-14-12-22(2)13-15-23/h5-7,9-15,17,19-21,34H,4,8,16,18H2,1-3H3,(H,42,45). The number of fused-ring (bicyclic) bond motifs is 1. The van der Waals surface area contributed by atoms with Crippen molar-refractivity contribution in [3.63, 3.8) is 0 Å². The molecule has 0 radical (unpaired) electrons. The van der Waals surface area contributed by atoms with Crippen LogP contribution in [0.5, 0.6) is 0 Å². The summed E-state index contributed by atoms with van der Waals surface area (Å²) in [6.07, 6.45) is -2.71. The highest BCUT2D eigenvalue weighted by atomic mass is 32.2. The minimum absolute atomic E-state index is 0.0716. The Morgan fingerprint density at radius 2 is 1.71 bits per heavy atom. The van der Waals surface area contributed by atoms with Crippen molar-refractivity contribution >= 4 is 38.4 Å². The molecule has 1 unspecified atom stereocenters. The number of sulfonamides is 1. The van der Waals surface area contributed by atoms with E-state index in [2.05, 4.69) is 4.98 Å². The molecule has 0 saturated heterocycles. The largest absolute Gasteiger partial charge is 0.455 e. The summed E-state index contributed by atoms with van der Waals surface area (Å²) < 4.78 is 88.9. The number of carbonyl (C=O) groups excluding carboxylic acids is 2. The maximum Gasteiger partial charge on any atom is 0.414 e. The van der Waals surface area contributed by atoms with Gasteiger partial charge in [0, 0.05) is 47.3 Å². The quantitative estimate of drug-likeness (QED) is 0.104. The normalized spacial score (nSPS) is 12.6. The van der Waals surface area contributed by atoms with Crippen LogP contribution in [0.15, 0.2) is 89.5 Å². The highest BCUT2D eigenvalue weighted by Crippen LogP contribution is 2.42. The van der Waals surface area contributed by atoms with Crippen LogP contribution in [-0.2, 0) is 10.0 Å². The average Bonchev–Trinajstić information content (AvgIpc) is 3.44. The van der Waals surface area contributed by atoms with Crippen molar-refractivity contribution in [2.45, 2.75) is 38.9 Å². The van der Waals surface area contributed by atoms with Crippen LogP contribution in [-0.4, -0.2) is 50.7 Å². The van der Waals surface area contributed by atoms with Crippen LogP contribution in [0, 0.1) is 6.92 Å². The van der Waals surface area contributed by atoms with Crippen molar-refractivity contribution in [3.05, 3.63) is 107 Å². The summed E-state index contributed by atoms with van der Waals surface area (Å²) in [4.78, 5) is 30.5. The fourth-order valence-corrected chi connectivity index (χ4v) is 6.48. The van der Waals surface area contributed by atoms with Crippen LogP contribution in [0.2, 0.25) is 0 Å². The van der Waals surface area contributed by atoms with E-state index in [0.29, 0.717) is 10.9 Å². The number of hydrogen-bond donors (Lipinski definition) is 1. The van der Waals surface area contributed by atoms with E-state index in [4.69, 9.17) is 4.42 Å². The van der Waals surface area contributed by atoms with E-state index in [0.717, 1.165) is 22.2 Å². The number of halogens is 4. The molecule has 0 bridgehead atoms. The summed E-state index contributed by atoms with van der Waals surface area (Å²) in [5.74, 6) is -1.02. The first-order valence-corrected chi connectivity index (χ1v) is 17.2. The lowest BCUT2D eigenvalue weighted by atomic mass is 9.95.